The number of carbonyl (C=O) groups excluding carboxylic acids is 2. The smallest absolute Gasteiger partial charge is 0.254 e. The molecule has 2 amide bonds. The van der Waals surface area contributed by atoms with Crippen LogP contribution in [0.25, 0.3) is 11.3 Å². The predicted molar refractivity (Wildman–Crippen MR) is 138 cm³/mol. The molecule has 0 N–H and O–H groups in total. The van der Waals surface area contributed by atoms with E-state index < -0.39 is 5.82 Å². The summed E-state index contributed by atoms with van der Waals surface area (Å²) >= 11 is 0. The van der Waals surface area contributed by atoms with E-state index in [-0.39, 0.29) is 24.3 Å². The molecular formula is C28H32FN5O2. The third kappa shape index (κ3) is 6.24. The van der Waals surface area contributed by atoms with Gasteiger partial charge in [0.1, 0.15) is 12.4 Å². The van der Waals surface area contributed by atoms with Gasteiger partial charge >= 0.3 is 0 Å². The Bertz CT molecular complexity index is 1150. The first-order valence-electron chi connectivity index (χ1n) is 12.4. The summed E-state index contributed by atoms with van der Waals surface area (Å²) in [5, 5.41) is 8.76. The number of nitrogens with zero attached hydrogens (tertiary/aromatic N) is 5. The molecule has 1 atom stereocenters. The molecule has 0 unspecified atom stereocenters. The fourth-order valence-electron chi connectivity index (χ4n) is 4.20. The van der Waals surface area contributed by atoms with E-state index in [0.717, 1.165) is 23.5 Å². The van der Waals surface area contributed by atoms with Gasteiger partial charge in [0.05, 0.1) is 5.69 Å². The van der Waals surface area contributed by atoms with Crippen molar-refractivity contribution in [1.29, 1.82) is 0 Å². The lowest BCUT2D eigenvalue weighted by molar-refractivity contribution is -0.132. The van der Waals surface area contributed by atoms with Crippen molar-refractivity contribution in [3.63, 3.8) is 0 Å². The molecule has 0 aliphatic carbocycles. The van der Waals surface area contributed by atoms with E-state index in [1.807, 2.05) is 42.5 Å². The third-order valence-electron chi connectivity index (χ3n) is 6.61. The fourth-order valence-corrected chi connectivity index (χ4v) is 4.20. The molecule has 1 aliphatic rings. The van der Waals surface area contributed by atoms with E-state index in [2.05, 4.69) is 28.9 Å². The lowest BCUT2D eigenvalue weighted by Gasteiger charge is -2.36. The molecule has 0 radical (unpaired) electrons. The molecule has 1 fully saturated rings. The van der Waals surface area contributed by atoms with E-state index >= 15 is 0 Å². The Morgan fingerprint density at radius 3 is 2.25 bits per heavy atom. The minimum absolute atomic E-state index is 0.00608. The summed E-state index contributed by atoms with van der Waals surface area (Å²) in [7, 11) is 0. The van der Waals surface area contributed by atoms with Gasteiger partial charge in [-0.3, -0.25) is 9.59 Å². The standard InChI is InChI=1S/C28H32FN5O2/c1-3-21(2)19-34(28(36)23-9-11-24(29)12-10-23)20-27(35)33-17-15-32(16-18-33)26-14-13-25(30-31-26)22-7-5-4-6-8-22/h4-14,21H,3,15-20H2,1-2H3/t21-/m1/s1. The summed E-state index contributed by atoms with van der Waals surface area (Å²) in [6.45, 7) is 6.96. The van der Waals surface area contributed by atoms with Gasteiger partial charge in [-0.1, -0.05) is 50.6 Å². The average molecular weight is 490 g/mol. The van der Waals surface area contributed by atoms with Crippen LogP contribution in [0.3, 0.4) is 0 Å². The zero-order valence-corrected chi connectivity index (χ0v) is 20.8. The predicted octanol–water partition coefficient (Wildman–Crippen LogP) is 4.12. The summed E-state index contributed by atoms with van der Waals surface area (Å²) in [6.07, 6.45) is 0.893. The molecule has 36 heavy (non-hydrogen) atoms. The Morgan fingerprint density at radius 1 is 0.944 bits per heavy atom. The molecule has 7 nitrogen and oxygen atoms in total. The topological polar surface area (TPSA) is 69.6 Å². The molecule has 188 valence electrons. The SMILES string of the molecule is CC[C@@H](C)CN(CC(=O)N1CCN(c2ccc(-c3ccccc3)nn2)CC1)C(=O)c1ccc(F)cc1. The number of piperazine rings is 1. The highest BCUT2D eigenvalue weighted by Crippen LogP contribution is 2.19. The number of carbonyl (C=O) groups is 2. The highest BCUT2D eigenvalue weighted by atomic mass is 19.1. The fraction of sp³-hybridized carbons (Fsp3) is 0.357. The van der Waals surface area contributed by atoms with Crippen molar-refractivity contribution in [2.45, 2.75) is 20.3 Å². The van der Waals surface area contributed by atoms with E-state index in [4.69, 9.17) is 0 Å². The second-order valence-electron chi connectivity index (χ2n) is 9.22. The number of anilines is 1. The van der Waals surface area contributed by atoms with Crippen molar-refractivity contribution in [3.8, 4) is 11.3 Å². The maximum atomic E-state index is 13.3. The summed E-state index contributed by atoms with van der Waals surface area (Å²) in [6, 6.07) is 19.3. The summed E-state index contributed by atoms with van der Waals surface area (Å²) in [5.74, 6) is 0.298. The van der Waals surface area contributed by atoms with Gasteiger partial charge in [-0.25, -0.2) is 4.39 Å². The van der Waals surface area contributed by atoms with Crippen LogP contribution in [0.1, 0.15) is 30.6 Å². The third-order valence-corrected chi connectivity index (χ3v) is 6.61. The summed E-state index contributed by atoms with van der Waals surface area (Å²) in [4.78, 5) is 31.7. The van der Waals surface area contributed by atoms with Crippen molar-refractivity contribution in [3.05, 3.63) is 78.1 Å². The van der Waals surface area contributed by atoms with Gasteiger partial charge in [0.25, 0.3) is 5.91 Å². The van der Waals surface area contributed by atoms with Gasteiger partial charge in [-0.15, -0.1) is 10.2 Å². The zero-order valence-electron chi connectivity index (χ0n) is 20.8. The number of rotatable bonds is 8. The van der Waals surface area contributed by atoms with Gasteiger partial charge in [0.2, 0.25) is 5.91 Å². The molecule has 0 spiro atoms. The van der Waals surface area contributed by atoms with Crippen LogP contribution in [0.5, 0.6) is 0 Å². The average Bonchev–Trinajstić information content (AvgIpc) is 2.93. The molecule has 4 rings (SSSR count). The van der Waals surface area contributed by atoms with Crippen molar-refractivity contribution < 1.29 is 14.0 Å². The number of benzene rings is 2. The minimum atomic E-state index is -0.395. The normalized spacial score (nSPS) is 14.4. The maximum absolute atomic E-state index is 13.3. The summed E-state index contributed by atoms with van der Waals surface area (Å²) in [5.41, 5.74) is 2.22. The van der Waals surface area contributed by atoms with Crippen LogP contribution in [-0.2, 0) is 4.79 Å². The van der Waals surface area contributed by atoms with Crippen molar-refractivity contribution >= 4 is 17.6 Å². The number of hydrogen-bond donors (Lipinski definition) is 0. The lowest BCUT2D eigenvalue weighted by atomic mass is 10.1. The van der Waals surface area contributed by atoms with Crippen LogP contribution < -0.4 is 4.90 Å². The Balaban J connectivity index is 1.36. The molecule has 8 heteroatoms. The molecule has 0 bridgehead atoms. The van der Waals surface area contributed by atoms with Crippen LogP contribution in [-0.4, -0.2) is 71.1 Å². The number of halogens is 1. The summed E-state index contributed by atoms with van der Waals surface area (Å²) < 4.78 is 13.3. The quantitative estimate of drug-likeness (QED) is 0.476. The molecule has 1 aromatic heterocycles. The zero-order chi connectivity index (χ0) is 25.5. The highest BCUT2D eigenvalue weighted by molar-refractivity contribution is 5.96. The lowest BCUT2D eigenvalue weighted by Crippen LogP contribution is -2.52. The first-order valence-corrected chi connectivity index (χ1v) is 12.4. The Labute approximate surface area is 211 Å². The van der Waals surface area contributed by atoms with Crippen LogP contribution >= 0.6 is 0 Å². The number of amides is 2. The van der Waals surface area contributed by atoms with Gasteiger partial charge in [-0.05, 0) is 42.3 Å². The monoisotopic (exact) mass is 489 g/mol. The molecule has 2 aromatic carbocycles. The second kappa shape index (κ2) is 11.7. The van der Waals surface area contributed by atoms with E-state index in [0.29, 0.717) is 38.3 Å². The van der Waals surface area contributed by atoms with Gasteiger partial charge in [-0.2, -0.15) is 0 Å². The van der Waals surface area contributed by atoms with Crippen LogP contribution in [0.4, 0.5) is 10.2 Å². The minimum Gasteiger partial charge on any atom is -0.352 e. The van der Waals surface area contributed by atoms with Gasteiger partial charge < -0.3 is 14.7 Å². The largest absolute Gasteiger partial charge is 0.352 e. The van der Waals surface area contributed by atoms with Crippen LogP contribution in [0, 0.1) is 11.7 Å². The molecule has 3 aromatic rings. The second-order valence-corrected chi connectivity index (χ2v) is 9.22. The Morgan fingerprint density at radius 2 is 1.64 bits per heavy atom. The molecule has 1 saturated heterocycles. The Kier molecular flexibility index (Phi) is 8.25. The number of aromatic nitrogens is 2. The first kappa shape index (κ1) is 25.3. The first-order chi connectivity index (χ1) is 17.4. The van der Waals surface area contributed by atoms with Crippen molar-refractivity contribution in [1.82, 2.24) is 20.0 Å². The van der Waals surface area contributed by atoms with E-state index in [1.54, 1.807) is 9.80 Å². The maximum Gasteiger partial charge on any atom is 0.254 e. The van der Waals surface area contributed by atoms with Gasteiger partial charge in [0.15, 0.2) is 5.82 Å². The molecule has 2 heterocycles. The Hall–Kier alpha value is -3.81. The van der Waals surface area contributed by atoms with E-state index in [9.17, 15) is 14.0 Å². The molecular weight excluding hydrogens is 457 g/mol. The van der Waals surface area contributed by atoms with Crippen LogP contribution in [0.15, 0.2) is 66.7 Å². The number of hydrogen-bond acceptors (Lipinski definition) is 5. The van der Waals surface area contributed by atoms with Crippen LogP contribution in [0.2, 0.25) is 0 Å². The molecule has 0 saturated carbocycles. The van der Waals surface area contributed by atoms with Gasteiger partial charge in [0, 0.05) is 43.9 Å². The van der Waals surface area contributed by atoms with E-state index in [1.165, 1.54) is 24.3 Å². The molecule has 1 aliphatic heterocycles. The highest BCUT2D eigenvalue weighted by Gasteiger charge is 2.26. The van der Waals surface area contributed by atoms with Crippen molar-refractivity contribution in [2.24, 2.45) is 5.92 Å². The van der Waals surface area contributed by atoms with Crippen molar-refractivity contribution in [2.75, 3.05) is 44.2 Å².